The molecule has 0 aliphatic heterocycles. The second-order valence-corrected chi connectivity index (χ2v) is 5.78. The number of nitrogens with zero attached hydrogens (tertiary/aromatic N) is 4. The van der Waals surface area contributed by atoms with Crippen molar-refractivity contribution in [2.45, 2.75) is 51.0 Å². The van der Waals surface area contributed by atoms with Gasteiger partial charge in [0.2, 0.25) is 0 Å². The molecule has 2 aromatic rings. The van der Waals surface area contributed by atoms with Crippen molar-refractivity contribution >= 4 is 17.0 Å². The maximum absolute atomic E-state index is 5.73. The summed E-state index contributed by atoms with van der Waals surface area (Å²) in [6, 6.07) is 0.556. The zero-order valence-electron chi connectivity index (χ0n) is 12.5. The molecule has 0 amide bonds. The molecule has 0 unspecified atom stereocenters. The lowest BCUT2D eigenvalue weighted by molar-refractivity contribution is 0.516. The van der Waals surface area contributed by atoms with Gasteiger partial charge in [-0.1, -0.05) is 25.7 Å². The minimum absolute atomic E-state index is 0.556. The van der Waals surface area contributed by atoms with Crippen LogP contribution in [-0.4, -0.2) is 39.1 Å². The van der Waals surface area contributed by atoms with E-state index in [2.05, 4.69) is 24.8 Å². The highest BCUT2D eigenvalue weighted by molar-refractivity contribution is 5.82. The summed E-state index contributed by atoms with van der Waals surface area (Å²) < 4.78 is 0. The van der Waals surface area contributed by atoms with E-state index in [-0.39, 0.29) is 0 Å². The molecule has 114 valence electrons. The predicted octanol–water partition coefficient (Wildman–Crippen LogP) is 2.23. The molecule has 0 radical (unpaired) electrons. The van der Waals surface area contributed by atoms with E-state index in [1.165, 1.54) is 38.5 Å². The smallest absolute Gasteiger partial charge is 0.182 e. The molecule has 2 aromatic heterocycles. The molecule has 0 saturated heterocycles. The fraction of sp³-hybridized carbons (Fsp3) is 0.667. The first kappa shape index (κ1) is 14.3. The van der Waals surface area contributed by atoms with Gasteiger partial charge in [-0.3, -0.25) is 0 Å². The number of fused-ring (bicyclic) bond motifs is 1. The number of hydrogen-bond acceptors (Lipinski definition) is 5. The van der Waals surface area contributed by atoms with Crippen molar-refractivity contribution in [1.82, 2.24) is 19.9 Å². The molecule has 3 rings (SSSR count). The Morgan fingerprint density at radius 3 is 2.71 bits per heavy atom. The number of nitrogens with two attached hydrogens (primary N) is 1. The lowest BCUT2D eigenvalue weighted by Gasteiger charge is -2.32. The van der Waals surface area contributed by atoms with Crippen molar-refractivity contribution < 1.29 is 0 Å². The fourth-order valence-corrected chi connectivity index (χ4v) is 3.26. The van der Waals surface area contributed by atoms with Gasteiger partial charge in [0, 0.05) is 12.6 Å². The van der Waals surface area contributed by atoms with Gasteiger partial charge in [-0.2, -0.15) is 0 Å². The van der Waals surface area contributed by atoms with Gasteiger partial charge in [0.05, 0.1) is 6.33 Å². The Kier molecular flexibility index (Phi) is 4.65. The van der Waals surface area contributed by atoms with Crippen molar-refractivity contribution in [2.75, 3.05) is 18.0 Å². The van der Waals surface area contributed by atoms with Gasteiger partial charge in [-0.15, -0.1) is 0 Å². The Morgan fingerprint density at radius 2 is 1.95 bits per heavy atom. The van der Waals surface area contributed by atoms with Gasteiger partial charge in [-0.05, 0) is 25.8 Å². The minimum atomic E-state index is 0.556. The van der Waals surface area contributed by atoms with E-state index in [1.54, 1.807) is 12.7 Å². The van der Waals surface area contributed by atoms with Crippen molar-refractivity contribution in [3.8, 4) is 0 Å². The van der Waals surface area contributed by atoms with Crippen molar-refractivity contribution in [1.29, 1.82) is 0 Å². The molecule has 21 heavy (non-hydrogen) atoms. The van der Waals surface area contributed by atoms with E-state index in [0.717, 1.165) is 29.9 Å². The van der Waals surface area contributed by atoms with Crippen LogP contribution < -0.4 is 10.6 Å². The first-order chi connectivity index (χ1) is 10.4. The lowest BCUT2D eigenvalue weighted by Crippen LogP contribution is -2.37. The summed E-state index contributed by atoms with van der Waals surface area (Å²) in [5.41, 5.74) is 7.41. The number of nitrogens with one attached hydrogen (secondary N) is 1. The van der Waals surface area contributed by atoms with Gasteiger partial charge < -0.3 is 15.6 Å². The third kappa shape index (κ3) is 3.15. The van der Waals surface area contributed by atoms with Crippen LogP contribution in [0.25, 0.3) is 11.2 Å². The van der Waals surface area contributed by atoms with Crippen molar-refractivity contribution in [2.24, 2.45) is 5.73 Å². The highest BCUT2D eigenvalue weighted by Crippen LogP contribution is 2.28. The molecule has 1 aliphatic rings. The van der Waals surface area contributed by atoms with Crippen molar-refractivity contribution in [3.05, 3.63) is 12.7 Å². The van der Waals surface area contributed by atoms with Crippen LogP contribution in [0.2, 0.25) is 0 Å². The molecule has 6 nitrogen and oxygen atoms in total. The summed E-state index contributed by atoms with van der Waals surface area (Å²) in [6.45, 7) is 1.66. The maximum atomic E-state index is 5.73. The standard InChI is InChI=1S/C15H24N6/c16-8-5-9-21(12-6-3-1-2-4-7-12)15-13-14(18-10-17-13)19-11-20-15/h10-12H,1-9,16H2,(H,17,18,19,20). The molecule has 1 saturated carbocycles. The molecule has 2 heterocycles. The highest BCUT2D eigenvalue weighted by atomic mass is 15.2. The van der Waals surface area contributed by atoms with Crippen LogP contribution in [0.4, 0.5) is 5.82 Å². The van der Waals surface area contributed by atoms with Crippen LogP contribution in [0, 0.1) is 0 Å². The summed E-state index contributed by atoms with van der Waals surface area (Å²) in [6.07, 6.45) is 12.1. The molecule has 0 spiro atoms. The number of aromatic nitrogens is 4. The van der Waals surface area contributed by atoms with Gasteiger partial charge in [-0.25, -0.2) is 15.0 Å². The normalized spacial score (nSPS) is 17.0. The van der Waals surface area contributed by atoms with Crippen LogP contribution in [-0.2, 0) is 0 Å². The largest absolute Gasteiger partial charge is 0.352 e. The second kappa shape index (κ2) is 6.85. The summed E-state index contributed by atoms with van der Waals surface area (Å²) in [4.78, 5) is 18.6. The Labute approximate surface area is 125 Å². The van der Waals surface area contributed by atoms with Gasteiger partial charge in [0.1, 0.15) is 11.8 Å². The number of rotatable bonds is 5. The molecule has 6 heteroatoms. The summed E-state index contributed by atoms with van der Waals surface area (Å²) >= 11 is 0. The fourth-order valence-electron chi connectivity index (χ4n) is 3.26. The number of anilines is 1. The van der Waals surface area contributed by atoms with E-state index >= 15 is 0 Å². The molecule has 0 atom stereocenters. The molecule has 3 N–H and O–H groups in total. The number of imidazole rings is 1. The molecule has 0 aromatic carbocycles. The lowest BCUT2D eigenvalue weighted by atomic mass is 10.1. The third-order valence-electron chi connectivity index (χ3n) is 4.34. The number of H-pyrrole nitrogens is 1. The quantitative estimate of drug-likeness (QED) is 0.824. The average Bonchev–Trinajstić information content (AvgIpc) is 2.84. The van der Waals surface area contributed by atoms with E-state index in [9.17, 15) is 0 Å². The van der Waals surface area contributed by atoms with Crippen LogP contribution >= 0.6 is 0 Å². The Hall–Kier alpha value is -1.69. The number of hydrogen-bond donors (Lipinski definition) is 2. The Balaban J connectivity index is 1.92. The SMILES string of the molecule is NCCCN(c1ncnc2nc[nH]c12)C1CCCCCC1. The van der Waals surface area contributed by atoms with Crippen LogP contribution in [0.3, 0.4) is 0 Å². The topological polar surface area (TPSA) is 83.7 Å². The van der Waals surface area contributed by atoms with E-state index in [4.69, 9.17) is 5.73 Å². The van der Waals surface area contributed by atoms with Gasteiger partial charge >= 0.3 is 0 Å². The van der Waals surface area contributed by atoms with Gasteiger partial charge in [0.25, 0.3) is 0 Å². The minimum Gasteiger partial charge on any atom is -0.352 e. The van der Waals surface area contributed by atoms with Gasteiger partial charge in [0.15, 0.2) is 11.5 Å². The van der Waals surface area contributed by atoms with E-state index in [1.807, 2.05) is 0 Å². The third-order valence-corrected chi connectivity index (χ3v) is 4.34. The summed E-state index contributed by atoms with van der Waals surface area (Å²) in [7, 11) is 0. The molecule has 1 fully saturated rings. The van der Waals surface area contributed by atoms with E-state index < -0.39 is 0 Å². The average molecular weight is 288 g/mol. The summed E-state index contributed by atoms with van der Waals surface area (Å²) in [5, 5.41) is 0. The van der Waals surface area contributed by atoms with Crippen LogP contribution in [0.1, 0.15) is 44.9 Å². The zero-order valence-corrected chi connectivity index (χ0v) is 12.5. The molecular weight excluding hydrogens is 264 g/mol. The van der Waals surface area contributed by atoms with Crippen LogP contribution in [0.15, 0.2) is 12.7 Å². The zero-order chi connectivity index (χ0) is 14.5. The first-order valence-electron chi connectivity index (χ1n) is 8.01. The molecule has 1 aliphatic carbocycles. The molecule has 0 bridgehead atoms. The van der Waals surface area contributed by atoms with E-state index in [0.29, 0.717) is 12.6 Å². The monoisotopic (exact) mass is 288 g/mol. The first-order valence-corrected chi connectivity index (χ1v) is 8.01. The molecular formula is C15H24N6. The highest BCUT2D eigenvalue weighted by Gasteiger charge is 2.23. The second-order valence-electron chi connectivity index (χ2n) is 5.78. The number of aromatic amines is 1. The maximum Gasteiger partial charge on any atom is 0.182 e. The van der Waals surface area contributed by atoms with Crippen molar-refractivity contribution in [3.63, 3.8) is 0 Å². The predicted molar refractivity (Wildman–Crippen MR) is 84.2 cm³/mol. The summed E-state index contributed by atoms with van der Waals surface area (Å²) in [5.74, 6) is 0.984. The van der Waals surface area contributed by atoms with Crippen LogP contribution in [0.5, 0.6) is 0 Å². The Bertz CT molecular complexity index is 558. The Morgan fingerprint density at radius 1 is 1.14 bits per heavy atom.